The fourth-order valence-electron chi connectivity index (χ4n) is 3.87. The molecule has 1 fully saturated rings. The number of aromatic nitrogens is 2. The first kappa shape index (κ1) is 16.8. The molecule has 0 amide bonds. The van der Waals surface area contributed by atoms with Crippen LogP contribution in [-0.2, 0) is 12.8 Å². The van der Waals surface area contributed by atoms with E-state index in [0.717, 1.165) is 55.8 Å². The van der Waals surface area contributed by atoms with E-state index in [2.05, 4.69) is 27.2 Å². The Balaban J connectivity index is 1.37. The van der Waals surface area contributed by atoms with Crippen LogP contribution in [0, 0.1) is 0 Å². The molecule has 25 heavy (non-hydrogen) atoms. The summed E-state index contributed by atoms with van der Waals surface area (Å²) >= 11 is 6.18. The molecule has 2 heterocycles. The van der Waals surface area contributed by atoms with Crippen molar-refractivity contribution in [3.05, 3.63) is 40.5 Å². The molecule has 2 aromatic rings. The second kappa shape index (κ2) is 7.71. The van der Waals surface area contributed by atoms with Gasteiger partial charge in [-0.1, -0.05) is 11.6 Å². The van der Waals surface area contributed by atoms with Gasteiger partial charge in [-0.25, -0.2) is 0 Å². The third kappa shape index (κ3) is 3.80. The van der Waals surface area contributed by atoms with Gasteiger partial charge in [-0.15, -0.1) is 10.2 Å². The Kier molecular flexibility index (Phi) is 5.18. The lowest BCUT2D eigenvalue weighted by Crippen LogP contribution is -2.21. The summed E-state index contributed by atoms with van der Waals surface area (Å²) in [6.07, 6.45) is 6.95. The number of hydrogen-bond acceptors (Lipinski definition) is 4. The normalized spacial score (nSPS) is 17.0. The predicted molar refractivity (Wildman–Crippen MR) is 100 cm³/mol. The summed E-state index contributed by atoms with van der Waals surface area (Å²) in [5.41, 5.74) is 4.50. The molecule has 2 aliphatic rings. The molecule has 1 aromatic carbocycles. The molecular weight excluding hydrogens is 334 g/mol. The highest BCUT2D eigenvalue weighted by Crippen LogP contribution is 2.34. The first-order valence-corrected chi connectivity index (χ1v) is 9.68. The van der Waals surface area contributed by atoms with Crippen molar-refractivity contribution in [3.8, 4) is 17.0 Å². The van der Waals surface area contributed by atoms with Gasteiger partial charge >= 0.3 is 0 Å². The maximum Gasteiger partial charge on any atom is 0.155 e. The second-order valence-corrected chi connectivity index (χ2v) is 7.28. The zero-order chi connectivity index (χ0) is 17.1. The molecule has 1 aliphatic carbocycles. The van der Waals surface area contributed by atoms with Crippen LogP contribution in [0.25, 0.3) is 11.3 Å². The van der Waals surface area contributed by atoms with E-state index in [0.29, 0.717) is 5.15 Å². The Morgan fingerprint density at radius 1 is 0.960 bits per heavy atom. The van der Waals surface area contributed by atoms with Gasteiger partial charge in [-0.3, -0.25) is 0 Å². The summed E-state index contributed by atoms with van der Waals surface area (Å²) < 4.78 is 5.88. The molecule has 0 saturated carbocycles. The van der Waals surface area contributed by atoms with Crippen LogP contribution in [0.3, 0.4) is 0 Å². The highest BCUT2D eigenvalue weighted by Gasteiger charge is 2.21. The van der Waals surface area contributed by atoms with Gasteiger partial charge in [-0.2, -0.15) is 0 Å². The molecule has 4 rings (SSSR count). The van der Waals surface area contributed by atoms with E-state index in [1.54, 1.807) is 0 Å². The van der Waals surface area contributed by atoms with Gasteiger partial charge < -0.3 is 9.64 Å². The van der Waals surface area contributed by atoms with E-state index in [-0.39, 0.29) is 0 Å². The van der Waals surface area contributed by atoms with Crippen LogP contribution in [-0.4, -0.2) is 41.3 Å². The van der Waals surface area contributed by atoms with Gasteiger partial charge in [0.1, 0.15) is 5.75 Å². The standard InChI is InChI=1S/C20H24ClN3O/c21-20-18-6-3-5-17(18)19(22-23-20)15-7-9-16(10-8-15)25-14-4-13-24-11-1-2-12-24/h7-10H,1-6,11-14H2. The van der Waals surface area contributed by atoms with Gasteiger partial charge in [0.25, 0.3) is 0 Å². The first-order chi connectivity index (χ1) is 12.3. The van der Waals surface area contributed by atoms with E-state index in [1.165, 1.54) is 37.1 Å². The minimum absolute atomic E-state index is 0.564. The average molecular weight is 358 g/mol. The lowest BCUT2D eigenvalue weighted by molar-refractivity contribution is 0.263. The molecule has 0 radical (unpaired) electrons. The van der Waals surface area contributed by atoms with Crippen LogP contribution < -0.4 is 4.74 Å². The molecular formula is C20H24ClN3O. The summed E-state index contributed by atoms with van der Waals surface area (Å²) in [6.45, 7) is 4.42. The Labute approximate surface area is 154 Å². The van der Waals surface area contributed by atoms with E-state index in [1.807, 2.05) is 12.1 Å². The summed E-state index contributed by atoms with van der Waals surface area (Å²) in [4.78, 5) is 2.52. The number of halogens is 1. The smallest absolute Gasteiger partial charge is 0.155 e. The van der Waals surface area contributed by atoms with Crippen LogP contribution in [0.2, 0.25) is 5.15 Å². The molecule has 1 aliphatic heterocycles. The number of benzene rings is 1. The molecule has 0 spiro atoms. The van der Waals surface area contributed by atoms with Crippen molar-refractivity contribution in [3.63, 3.8) is 0 Å². The van der Waals surface area contributed by atoms with E-state index in [9.17, 15) is 0 Å². The van der Waals surface area contributed by atoms with Crippen LogP contribution in [0.15, 0.2) is 24.3 Å². The van der Waals surface area contributed by atoms with Gasteiger partial charge in [0.05, 0.1) is 12.3 Å². The van der Waals surface area contributed by atoms with Gasteiger partial charge in [0.2, 0.25) is 0 Å². The minimum atomic E-state index is 0.564. The maximum absolute atomic E-state index is 6.18. The zero-order valence-electron chi connectivity index (χ0n) is 14.5. The quantitative estimate of drug-likeness (QED) is 0.728. The summed E-state index contributed by atoms with van der Waals surface area (Å²) in [6, 6.07) is 8.21. The van der Waals surface area contributed by atoms with Crippen LogP contribution >= 0.6 is 11.6 Å². The number of fused-ring (bicyclic) bond motifs is 1. The Morgan fingerprint density at radius 2 is 1.72 bits per heavy atom. The van der Waals surface area contributed by atoms with Crippen molar-refractivity contribution in [2.24, 2.45) is 0 Å². The molecule has 0 atom stereocenters. The van der Waals surface area contributed by atoms with E-state index in [4.69, 9.17) is 16.3 Å². The average Bonchev–Trinajstić information content (AvgIpc) is 3.32. The van der Waals surface area contributed by atoms with Gasteiger partial charge in [0, 0.05) is 12.1 Å². The maximum atomic E-state index is 6.18. The number of ether oxygens (including phenoxy) is 1. The molecule has 1 aromatic heterocycles. The van der Waals surface area contributed by atoms with Crippen LogP contribution in [0.5, 0.6) is 5.75 Å². The fraction of sp³-hybridized carbons (Fsp3) is 0.500. The summed E-state index contributed by atoms with van der Waals surface area (Å²) in [7, 11) is 0. The Hall–Kier alpha value is -1.65. The topological polar surface area (TPSA) is 38.3 Å². The second-order valence-electron chi connectivity index (χ2n) is 6.93. The molecule has 4 nitrogen and oxygen atoms in total. The molecule has 132 valence electrons. The van der Waals surface area contributed by atoms with Crippen molar-refractivity contribution in [2.45, 2.75) is 38.5 Å². The van der Waals surface area contributed by atoms with Crippen LogP contribution in [0.1, 0.15) is 36.8 Å². The molecule has 1 saturated heterocycles. The number of rotatable bonds is 6. The van der Waals surface area contributed by atoms with Gasteiger partial charge in [0.15, 0.2) is 5.15 Å². The zero-order valence-corrected chi connectivity index (χ0v) is 15.3. The summed E-state index contributed by atoms with van der Waals surface area (Å²) in [5, 5.41) is 9.03. The third-order valence-electron chi connectivity index (χ3n) is 5.20. The molecule has 5 heteroatoms. The monoisotopic (exact) mass is 357 g/mol. The van der Waals surface area contributed by atoms with Crippen LogP contribution in [0.4, 0.5) is 0 Å². The van der Waals surface area contributed by atoms with Crippen molar-refractivity contribution >= 4 is 11.6 Å². The SMILES string of the molecule is Clc1nnc(-c2ccc(OCCCN3CCCC3)cc2)c2c1CCC2. The third-order valence-corrected chi connectivity index (χ3v) is 5.51. The van der Waals surface area contributed by atoms with Crippen molar-refractivity contribution < 1.29 is 4.74 Å². The van der Waals surface area contributed by atoms with Crippen molar-refractivity contribution in [1.82, 2.24) is 15.1 Å². The Morgan fingerprint density at radius 3 is 2.52 bits per heavy atom. The summed E-state index contributed by atoms with van der Waals surface area (Å²) in [5.74, 6) is 0.920. The minimum Gasteiger partial charge on any atom is -0.494 e. The number of nitrogens with zero attached hydrogens (tertiary/aromatic N) is 3. The fourth-order valence-corrected chi connectivity index (χ4v) is 4.12. The number of hydrogen-bond donors (Lipinski definition) is 0. The highest BCUT2D eigenvalue weighted by molar-refractivity contribution is 6.30. The largest absolute Gasteiger partial charge is 0.494 e. The lowest BCUT2D eigenvalue weighted by Gasteiger charge is -2.14. The van der Waals surface area contributed by atoms with Gasteiger partial charge in [-0.05, 0) is 87.0 Å². The van der Waals surface area contributed by atoms with E-state index < -0.39 is 0 Å². The Bertz CT molecular complexity index is 726. The van der Waals surface area contributed by atoms with Crippen molar-refractivity contribution in [1.29, 1.82) is 0 Å². The van der Waals surface area contributed by atoms with E-state index >= 15 is 0 Å². The molecule has 0 N–H and O–H groups in total. The molecule has 0 unspecified atom stereocenters. The first-order valence-electron chi connectivity index (χ1n) is 9.31. The highest BCUT2D eigenvalue weighted by atomic mass is 35.5. The van der Waals surface area contributed by atoms with Crippen molar-refractivity contribution in [2.75, 3.05) is 26.2 Å². The predicted octanol–water partition coefficient (Wildman–Crippen LogP) is 4.15. The lowest BCUT2D eigenvalue weighted by atomic mass is 10.0. The molecule has 0 bridgehead atoms. The number of likely N-dealkylation sites (tertiary alicyclic amines) is 1.